The maximum Gasteiger partial charge on any atom is 0.191 e. The topological polar surface area (TPSA) is 36.4 Å². The minimum absolute atomic E-state index is 0.855. The molecule has 0 radical (unpaired) electrons. The van der Waals surface area contributed by atoms with Crippen molar-refractivity contribution in [1.82, 2.24) is 10.6 Å². The minimum atomic E-state index is 0.855. The Balaban J connectivity index is 1.73. The van der Waals surface area contributed by atoms with E-state index in [1.807, 2.05) is 0 Å². The van der Waals surface area contributed by atoms with E-state index in [0.717, 1.165) is 37.4 Å². The third-order valence-corrected chi connectivity index (χ3v) is 3.49. The number of nitrogens with zero attached hydrogens (tertiary/aromatic N) is 1. The van der Waals surface area contributed by atoms with Crippen molar-refractivity contribution in [3.63, 3.8) is 0 Å². The largest absolute Gasteiger partial charge is 0.356 e. The Bertz CT molecular complexity index is 213. The summed E-state index contributed by atoms with van der Waals surface area (Å²) in [6.07, 6.45) is 5.64. The molecule has 2 atom stereocenters. The van der Waals surface area contributed by atoms with Gasteiger partial charge in [0.15, 0.2) is 5.96 Å². The fourth-order valence-electron chi connectivity index (χ4n) is 2.44. The zero-order valence-corrected chi connectivity index (χ0v) is 9.05. The summed E-state index contributed by atoms with van der Waals surface area (Å²) in [5.41, 5.74) is 0. The van der Waals surface area contributed by atoms with Crippen molar-refractivity contribution >= 4 is 5.96 Å². The molecular weight excluding hydrogens is 174 g/mol. The molecule has 1 saturated carbocycles. The average molecular weight is 195 g/mol. The Kier molecular flexibility index (Phi) is 3.27. The summed E-state index contributed by atoms with van der Waals surface area (Å²) in [5, 5.41) is 6.67. The maximum atomic E-state index is 4.34. The maximum absolute atomic E-state index is 4.34. The number of rotatable bonds is 2. The molecule has 2 unspecified atom stereocenters. The van der Waals surface area contributed by atoms with E-state index in [9.17, 15) is 0 Å². The molecule has 0 aromatic rings. The number of hydrogen-bond acceptors (Lipinski definition) is 3. The second kappa shape index (κ2) is 4.67. The smallest absolute Gasteiger partial charge is 0.191 e. The Morgan fingerprint density at radius 3 is 3.00 bits per heavy atom. The summed E-state index contributed by atoms with van der Waals surface area (Å²) in [6.45, 7) is 5.42. The standard InChI is InChI=1S/C11H21N3/c1-9-4-2-3-5-10(9)8-14-11-12-6-7-13-11/h9-10H,2-8H2,1H3,(H2,12,13,14). The van der Waals surface area contributed by atoms with Crippen molar-refractivity contribution in [3.8, 4) is 0 Å². The lowest BCUT2D eigenvalue weighted by Gasteiger charge is -2.29. The van der Waals surface area contributed by atoms with E-state index in [1.54, 1.807) is 0 Å². The Labute approximate surface area is 86.4 Å². The first-order chi connectivity index (χ1) is 6.86. The quantitative estimate of drug-likeness (QED) is 0.698. The van der Waals surface area contributed by atoms with Gasteiger partial charge in [-0.25, -0.2) is 0 Å². The van der Waals surface area contributed by atoms with Crippen LogP contribution in [0.1, 0.15) is 32.6 Å². The fraction of sp³-hybridized carbons (Fsp3) is 0.909. The van der Waals surface area contributed by atoms with Gasteiger partial charge >= 0.3 is 0 Å². The molecule has 14 heavy (non-hydrogen) atoms. The molecule has 1 fully saturated rings. The van der Waals surface area contributed by atoms with Gasteiger partial charge in [0.05, 0.1) is 6.54 Å². The van der Waals surface area contributed by atoms with Crippen LogP contribution in [0.25, 0.3) is 0 Å². The molecule has 1 aliphatic heterocycles. The van der Waals surface area contributed by atoms with Gasteiger partial charge in [-0.3, -0.25) is 4.99 Å². The molecule has 2 aliphatic rings. The van der Waals surface area contributed by atoms with E-state index in [2.05, 4.69) is 22.5 Å². The lowest BCUT2D eigenvalue weighted by atomic mass is 9.80. The van der Waals surface area contributed by atoms with Crippen LogP contribution < -0.4 is 10.6 Å². The van der Waals surface area contributed by atoms with Crippen LogP contribution in [-0.4, -0.2) is 25.6 Å². The van der Waals surface area contributed by atoms with Gasteiger partial charge in [0.25, 0.3) is 0 Å². The van der Waals surface area contributed by atoms with Crippen LogP contribution in [-0.2, 0) is 0 Å². The highest BCUT2D eigenvalue weighted by atomic mass is 15.2. The van der Waals surface area contributed by atoms with Crippen LogP contribution >= 0.6 is 0 Å². The summed E-state index contributed by atoms with van der Waals surface area (Å²) in [5.74, 6) is 2.76. The fourth-order valence-corrected chi connectivity index (χ4v) is 2.44. The molecule has 0 aromatic heterocycles. The normalized spacial score (nSPS) is 32.2. The van der Waals surface area contributed by atoms with E-state index in [0.29, 0.717) is 0 Å². The van der Waals surface area contributed by atoms with E-state index < -0.39 is 0 Å². The molecular formula is C11H21N3. The van der Waals surface area contributed by atoms with Crippen molar-refractivity contribution in [1.29, 1.82) is 0 Å². The van der Waals surface area contributed by atoms with Crippen LogP contribution in [0.3, 0.4) is 0 Å². The molecule has 3 nitrogen and oxygen atoms in total. The van der Waals surface area contributed by atoms with Crippen LogP contribution in [0.4, 0.5) is 0 Å². The monoisotopic (exact) mass is 195 g/mol. The number of aliphatic imine (C=N–C) groups is 1. The second-order valence-electron chi connectivity index (χ2n) is 4.56. The van der Waals surface area contributed by atoms with Crippen LogP contribution in [0, 0.1) is 11.8 Å². The lowest BCUT2D eigenvalue weighted by Crippen LogP contribution is -2.38. The molecule has 3 heteroatoms. The molecule has 80 valence electrons. The highest BCUT2D eigenvalue weighted by molar-refractivity contribution is 5.81. The average Bonchev–Trinajstić information content (AvgIpc) is 2.69. The minimum Gasteiger partial charge on any atom is -0.356 e. The van der Waals surface area contributed by atoms with Gasteiger partial charge in [0.2, 0.25) is 0 Å². The molecule has 1 aliphatic carbocycles. The third kappa shape index (κ3) is 2.40. The number of nitrogens with one attached hydrogen (secondary N) is 2. The summed E-state index contributed by atoms with van der Waals surface area (Å²) < 4.78 is 0. The molecule has 0 aromatic carbocycles. The first-order valence-electron chi connectivity index (χ1n) is 5.88. The first-order valence-corrected chi connectivity index (χ1v) is 5.88. The van der Waals surface area contributed by atoms with Crippen LogP contribution in [0.2, 0.25) is 0 Å². The SMILES string of the molecule is CC1CCCCC1CNC1=NCCN1. The highest BCUT2D eigenvalue weighted by Crippen LogP contribution is 2.28. The molecule has 1 heterocycles. The van der Waals surface area contributed by atoms with Gasteiger partial charge in [0.1, 0.15) is 0 Å². The Morgan fingerprint density at radius 1 is 1.43 bits per heavy atom. The van der Waals surface area contributed by atoms with Gasteiger partial charge < -0.3 is 10.6 Å². The summed E-state index contributed by atoms with van der Waals surface area (Å²) in [6, 6.07) is 0. The van der Waals surface area contributed by atoms with Crippen molar-refractivity contribution in [3.05, 3.63) is 0 Å². The van der Waals surface area contributed by atoms with E-state index >= 15 is 0 Å². The van der Waals surface area contributed by atoms with Gasteiger partial charge in [-0.1, -0.05) is 26.2 Å². The van der Waals surface area contributed by atoms with Crippen molar-refractivity contribution in [2.75, 3.05) is 19.6 Å². The van der Waals surface area contributed by atoms with Crippen molar-refractivity contribution in [2.24, 2.45) is 16.8 Å². The summed E-state index contributed by atoms with van der Waals surface area (Å²) in [7, 11) is 0. The molecule has 0 amide bonds. The number of guanidine groups is 1. The Hall–Kier alpha value is -0.730. The lowest BCUT2D eigenvalue weighted by molar-refractivity contribution is 0.256. The van der Waals surface area contributed by atoms with E-state index in [-0.39, 0.29) is 0 Å². The molecule has 0 saturated heterocycles. The second-order valence-corrected chi connectivity index (χ2v) is 4.56. The van der Waals surface area contributed by atoms with Crippen LogP contribution in [0.5, 0.6) is 0 Å². The molecule has 2 N–H and O–H groups in total. The Morgan fingerprint density at radius 2 is 2.29 bits per heavy atom. The van der Waals surface area contributed by atoms with Crippen molar-refractivity contribution in [2.45, 2.75) is 32.6 Å². The van der Waals surface area contributed by atoms with Crippen molar-refractivity contribution < 1.29 is 0 Å². The van der Waals surface area contributed by atoms with Gasteiger partial charge in [-0.05, 0) is 18.3 Å². The zero-order valence-electron chi connectivity index (χ0n) is 9.05. The van der Waals surface area contributed by atoms with E-state index in [4.69, 9.17) is 0 Å². The molecule has 0 spiro atoms. The summed E-state index contributed by atoms with van der Waals surface area (Å²) in [4.78, 5) is 4.34. The highest BCUT2D eigenvalue weighted by Gasteiger charge is 2.21. The van der Waals surface area contributed by atoms with Crippen LogP contribution in [0.15, 0.2) is 4.99 Å². The molecule has 2 rings (SSSR count). The van der Waals surface area contributed by atoms with Gasteiger partial charge in [0, 0.05) is 13.1 Å². The predicted octanol–water partition coefficient (Wildman–Crippen LogP) is 1.36. The third-order valence-electron chi connectivity index (χ3n) is 3.49. The van der Waals surface area contributed by atoms with Gasteiger partial charge in [-0.2, -0.15) is 0 Å². The molecule has 0 bridgehead atoms. The summed E-state index contributed by atoms with van der Waals surface area (Å²) >= 11 is 0. The van der Waals surface area contributed by atoms with Gasteiger partial charge in [-0.15, -0.1) is 0 Å². The predicted molar refractivity (Wildman–Crippen MR) is 59.4 cm³/mol. The zero-order chi connectivity index (χ0) is 9.80. The van der Waals surface area contributed by atoms with E-state index in [1.165, 1.54) is 25.7 Å². The first kappa shape index (κ1) is 9.81. The number of hydrogen-bond donors (Lipinski definition) is 2.